The van der Waals surface area contributed by atoms with Gasteiger partial charge in [0.25, 0.3) is 0 Å². The Hall–Kier alpha value is -6.86. The summed E-state index contributed by atoms with van der Waals surface area (Å²) in [4.78, 5) is 15.7. The molecule has 0 amide bonds. The van der Waals surface area contributed by atoms with E-state index in [-0.39, 0.29) is 26.5 Å². The van der Waals surface area contributed by atoms with Gasteiger partial charge in [-0.2, -0.15) is 5.26 Å². The van der Waals surface area contributed by atoms with E-state index < -0.39 is 0 Å². The molecule has 0 fully saturated rings. The van der Waals surface area contributed by atoms with E-state index >= 15 is 0 Å². The maximum Gasteiger partial charge on any atom is 2.00 e. The average molecular weight is 939 g/mol. The number of nitriles is 1. The van der Waals surface area contributed by atoms with Crippen LogP contribution in [-0.2, 0) is 26.5 Å². The van der Waals surface area contributed by atoms with Gasteiger partial charge in [-0.05, 0) is 39.4 Å². The molecule has 0 bridgehead atoms. The summed E-state index contributed by atoms with van der Waals surface area (Å²) in [6.45, 7) is 6.65. The van der Waals surface area contributed by atoms with Crippen LogP contribution in [0.4, 0.5) is 0 Å². The average Bonchev–Trinajstić information content (AvgIpc) is 3.85. The zero-order valence-corrected chi connectivity index (χ0v) is 35.0. The molecule has 5 nitrogen and oxygen atoms in total. The minimum absolute atomic E-state index is 0. The molecule has 0 saturated carbocycles. The Morgan fingerprint density at radius 1 is 0.627 bits per heavy atom. The Bertz CT molecular complexity index is 3220. The third-order valence-corrected chi connectivity index (χ3v) is 11.0. The Labute approximate surface area is 357 Å². The summed E-state index contributed by atoms with van der Waals surface area (Å²) >= 11 is 0. The van der Waals surface area contributed by atoms with Crippen molar-refractivity contribution in [1.82, 2.24) is 19.5 Å². The van der Waals surface area contributed by atoms with E-state index in [9.17, 15) is 5.26 Å². The topological polar surface area (TPSA) is 68.6 Å². The van der Waals surface area contributed by atoms with E-state index in [1.807, 2.05) is 48.5 Å². The van der Waals surface area contributed by atoms with Crippen LogP contribution in [-0.4, -0.2) is 14.5 Å². The van der Waals surface area contributed by atoms with Crippen LogP contribution in [0.25, 0.3) is 94.6 Å². The van der Waals surface area contributed by atoms with Crippen molar-refractivity contribution in [3.8, 4) is 67.8 Å². The van der Waals surface area contributed by atoms with E-state index in [4.69, 9.17) is 15.0 Å². The number of pyridine rings is 1. The molecular weight excluding hydrogens is 902 g/mol. The SMILES string of the molecule is CC(C)(C)c1cc(-c2cc(C#N)c(-c3ccccc3)cn2)[c-]c(-c2cccc3c2nc(-c2cccc4c2[n-]c2ccccc24)n3-c2ccccc2-c2ccccc2)c1.[Pt+2]. The normalized spacial score (nSPS) is 11.5. The number of rotatable bonds is 6. The Kier molecular flexibility index (Phi) is 9.68. The van der Waals surface area contributed by atoms with Gasteiger partial charge in [0.2, 0.25) is 0 Å². The maximum absolute atomic E-state index is 10.3. The second-order valence-corrected chi connectivity index (χ2v) is 15.7. The summed E-state index contributed by atoms with van der Waals surface area (Å²) in [6.07, 6.45) is 1.81. The molecular formula is C53H37N5Pt. The minimum atomic E-state index is -0.186. The molecule has 10 aromatic rings. The number of nitrogens with zero attached hydrogens (tertiary/aromatic N) is 5. The summed E-state index contributed by atoms with van der Waals surface area (Å²) in [5.41, 5.74) is 14.6. The molecule has 0 saturated heterocycles. The first-order valence-corrected chi connectivity index (χ1v) is 19.5. The summed E-state index contributed by atoms with van der Waals surface area (Å²) in [5.74, 6) is 0.809. The van der Waals surface area contributed by atoms with Crippen LogP contribution in [0.5, 0.6) is 0 Å². The Balaban J connectivity index is 0.00000449. The first-order chi connectivity index (χ1) is 28.4. The fraction of sp³-hybridized carbons (Fsp3) is 0.0755. The number of aromatic nitrogens is 4. The van der Waals surface area contributed by atoms with Crippen LogP contribution in [0.2, 0.25) is 0 Å². The molecule has 7 aromatic carbocycles. The van der Waals surface area contributed by atoms with Gasteiger partial charge in [-0.1, -0.05) is 171 Å². The van der Waals surface area contributed by atoms with Crippen molar-refractivity contribution in [3.63, 3.8) is 0 Å². The molecule has 0 atom stereocenters. The number of hydrogen-bond donors (Lipinski definition) is 0. The number of fused-ring (bicyclic) bond motifs is 4. The van der Waals surface area contributed by atoms with Gasteiger partial charge in [-0.3, -0.25) is 9.55 Å². The van der Waals surface area contributed by atoms with Gasteiger partial charge in [-0.25, -0.2) is 4.98 Å². The van der Waals surface area contributed by atoms with Crippen molar-refractivity contribution in [2.24, 2.45) is 0 Å². The second kappa shape index (κ2) is 15.1. The quantitative estimate of drug-likeness (QED) is 0.156. The van der Waals surface area contributed by atoms with Gasteiger partial charge < -0.3 is 4.98 Å². The Morgan fingerprint density at radius 2 is 1.25 bits per heavy atom. The number of benzene rings is 7. The van der Waals surface area contributed by atoms with E-state index in [0.29, 0.717) is 11.3 Å². The molecule has 3 aromatic heterocycles. The third-order valence-electron chi connectivity index (χ3n) is 11.0. The summed E-state index contributed by atoms with van der Waals surface area (Å²) in [7, 11) is 0. The first kappa shape index (κ1) is 37.7. The van der Waals surface area contributed by atoms with Gasteiger partial charge in [0.15, 0.2) is 0 Å². The van der Waals surface area contributed by atoms with Gasteiger partial charge in [0.05, 0.1) is 28.4 Å². The molecule has 10 rings (SSSR count). The predicted octanol–water partition coefficient (Wildman–Crippen LogP) is 13.0. The molecule has 0 unspecified atom stereocenters. The fourth-order valence-corrected chi connectivity index (χ4v) is 8.08. The van der Waals surface area contributed by atoms with Crippen molar-refractivity contribution >= 4 is 32.8 Å². The number of imidazole rings is 1. The van der Waals surface area contributed by atoms with Crippen LogP contribution >= 0.6 is 0 Å². The zero-order chi connectivity index (χ0) is 39.4. The van der Waals surface area contributed by atoms with Crippen molar-refractivity contribution in [3.05, 3.63) is 187 Å². The molecule has 0 aliphatic carbocycles. The molecule has 59 heavy (non-hydrogen) atoms. The smallest absolute Gasteiger partial charge is 0.656 e. The van der Waals surface area contributed by atoms with Gasteiger partial charge in [-0.15, -0.1) is 40.4 Å². The predicted molar refractivity (Wildman–Crippen MR) is 237 cm³/mol. The van der Waals surface area contributed by atoms with Crippen molar-refractivity contribution < 1.29 is 21.1 Å². The standard InChI is InChI=1S/C53H37N5.Pt/c1-53(2,3)39-29-36(28-37(30-39)47-31-38(32-54)45(33-55-47)35-18-8-5-9-19-35)41-22-15-27-49-51(41)57-52(44-24-14-23-43-42-21-10-12-25-46(42)56-50(43)44)58(49)48-26-13-11-20-40(48)34-16-6-4-7-17-34;/h4-27,29-31,33H,1-3H3;/q-2;+2. The van der Waals surface area contributed by atoms with Crippen LogP contribution in [0.1, 0.15) is 31.9 Å². The first-order valence-electron chi connectivity index (χ1n) is 19.5. The second-order valence-electron chi connectivity index (χ2n) is 15.7. The Morgan fingerprint density at radius 3 is 2.02 bits per heavy atom. The molecule has 0 aliphatic heterocycles. The molecule has 0 spiro atoms. The van der Waals surface area contributed by atoms with Crippen molar-refractivity contribution in [2.75, 3.05) is 0 Å². The maximum atomic E-state index is 10.3. The van der Waals surface area contributed by atoms with Gasteiger partial charge >= 0.3 is 21.1 Å². The molecule has 0 aliphatic rings. The molecule has 6 heteroatoms. The van der Waals surface area contributed by atoms with E-state index in [2.05, 4.69) is 153 Å². The number of hydrogen-bond acceptors (Lipinski definition) is 3. The number of para-hydroxylation sites is 4. The largest absolute Gasteiger partial charge is 2.00 e. The molecule has 284 valence electrons. The molecule has 0 radical (unpaired) electrons. The zero-order valence-electron chi connectivity index (χ0n) is 32.7. The van der Waals surface area contributed by atoms with Gasteiger partial charge in [0.1, 0.15) is 5.82 Å². The minimum Gasteiger partial charge on any atom is -0.656 e. The molecule has 3 heterocycles. The summed E-state index contributed by atoms with van der Waals surface area (Å²) in [5, 5.41) is 12.5. The van der Waals surface area contributed by atoms with Gasteiger partial charge in [0, 0.05) is 28.6 Å². The van der Waals surface area contributed by atoms with Crippen LogP contribution in [0, 0.1) is 17.4 Å². The summed E-state index contributed by atoms with van der Waals surface area (Å²) < 4.78 is 2.30. The monoisotopic (exact) mass is 938 g/mol. The van der Waals surface area contributed by atoms with E-state index in [0.717, 1.165) is 94.4 Å². The van der Waals surface area contributed by atoms with E-state index in [1.165, 1.54) is 0 Å². The van der Waals surface area contributed by atoms with Crippen LogP contribution in [0.3, 0.4) is 0 Å². The van der Waals surface area contributed by atoms with Crippen molar-refractivity contribution in [2.45, 2.75) is 26.2 Å². The summed E-state index contributed by atoms with van der Waals surface area (Å²) in [6, 6.07) is 62.6. The van der Waals surface area contributed by atoms with Crippen LogP contribution in [0.15, 0.2) is 170 Å². The fourth-order valence-electron chi connectivity index (χ4n) is 8.08. The molecule has 0 N–H and O–H groups in total. The van der Waals surface area contributed by atoms with Crippen LogP contribution < -0.4 is 4.98 Å². The third kappa shape index (κ3) is 6.66. The van der Waals surface area contributed by atoms with Crippen molar-refractivity contribution in [1.29, 1.82) is 5.26 Å². The van der Waals surface area contributed by atoms with E-state index in [1.54, 1.807) is 6.20 Å².